The number of carbonyl (C=O) groups is 2. The lowest BCUT2D eigenvalue weighted by atomic mass is 9.95. The van der Waals surface area contributed by atoms with Crippen LogP contribution in [-0.2, 0) is 4.74 Å². The number of rotatable bonds is 5. The first-order valence-electron chi connectivity index (χ1n) is 6.54. The van der Waals surface area contributed by atoms with Gasteiger partial charge in [0.15, 0.2) is 6.29 Å². The van der Waals surface area contributed by atoms with Gasteiger partial charge in [0.2, 0.25) is 0 Å². The van der Waals surface area contributed by atoms with Gasteiger partial charge in [-0.05, 0) is 47.5 Å². The predicted molar refractivity (Wildman–Crippen MR) is 81.7 cm³/mol. The van der Waals surface area contributed by atoms with Crippen LogP contribution in [0.25, 0.3) is 11.1 Å². The van der Waals surface area contributed by atoms with Gasteiger partial charge in [0.25, 0.3) is 0 Å². The van der Waals surface area contributed by atoms with Crippen molar-refractivity contribution in [2.24, 2.45) is 0 Å². The summed E-state index contributed by atoms with van der Waals surface area (Å²) < 4.78 is 15.1. The van der Waals surface area contributed by atoms with Crippen molar-refractivity contribution in [2.45, 2.75) is 0 Å². The number of hydrogen-bond donors (Lipinski definition) is 0. The zero-order valence-corrected chi connectivity index (χ0v) is 12.6. The topological polar surface area (TPSA) is 61.8 Å². The van der Waals surface area contributed by atoms with Crippen LogP contribution in [0.15, 0.2) is 36.4 Å². The SMILES string of the molecule is COC(=O)c1cc(OC)ccc1-c1ccc(OC)cc1C=O. The van der Waals surface area contributed by atoms with E-state index in [4.69, 9.17) is 14.2 Å². The number of benzene rings is 2. The first-order chi connectivity index (χ1) is 10.6. The normalized spacial score (nSPS) is 9.95. The van der Waals surface area contributed by atoms with Gasteiger partial charge < -0.3 is 14.2 Å². The van der Waals surface area contributed by atoms with Crippen LogP contribution >= 0.6 is 0 Å². The minimum absolute atomic E-state index is 0.329. The Kier molecular flexibility index (Phi) is 4.78. The van der Waals surface area contributed by atoms with Crippen molar-refractivity contribution in [1.82, 2.24) is 0 Å². The monoisotopic (exact) mass is 300 g/mol. The Balaban J connectivity index is 2.66. The summed E-state index contributed by atoms with van der Waals surface area (Å²) in [4.78, 5) is 23.4. The third-order valence-corrected chi connectivity index (χ3v) is 3.31. The second kappa shape index (κ2) is 6.76. The van der Waals surface area contributed by atoms with Crippen LogP contribution in [0.4, 0.5) is 0 Å². The highest BCUT2D eigenvalue weighted by atomic mass is 16.5. The lowest BCUT2D eigenvalue weighted by molar-refractivity contribution is 0.0601. The van der Waals surface area contributed by atoms with Crippen molar-refractivity contribution in [3.05, 3.63) is 47.5 Å². The van der Waals surface area contributed by atoms with E-state index in [2.05, 4.69) is 0 Å². The molecule has 0 unspecified atom stereocenters. The summed E-state index contributed by atoms with van der Waals surface area (Å²) in [5.41, 5.74) is 1.97. The molecular formula is C17H16O5. The summed E-state index contributed by atoms with van der Waals surface area (Å²) in [6.45, 7) is 0. The van der Waals surface area contributed by atoms with Crippen molar-refractivity contribution < 1.29 is 23.8 Å². The molecule has 0 radical (unpaired) electrons. The highest BCUT2D eigenvalue weighted by Gasteiger charge is 2.17. The quantitative estimate of drug-likeness (QED) is 0.627. The molecule has 114 valence electrons. The van der Waals surface area contributed by atoms with Crippen LogP contribution in [-0.4, -0.2) is 33.6 Å². The molecule has 22 heavy (non-hydrogen) atoms. The van der Waals surface area contributed by atoms with E-state index in [0.29, 0.717) is 33.8 Å². The molecule has 5 heteroatoms. The minimum Gasteiger partial charge on any atom is -0.497 e. The van der Waals surface area contributed by atoms with Crippen molar-refractivity contribution in [1.29, 1.82) is 0 Å². The Bertz CT molecular complexity index is 706. The van der Waals surface area contributed by atoms with Gasteiger partial charge in [-0.2, -0.15) is 0 Å². The molecule has 0 fully saturated rings. The van der Waals surface area contributed by atoms with Crippen molar-refractivity contribution in [2.75, 3.05) is 21.3 Å². The van der Waals surface area contributed by atoms with Crippen LogP contribution in [0.2, 0.25) is 0 Å². The van der Waals surface area contributed by atoms with Gasteiger partial charge >= 0.3 is 5.97 Å². The Labute approximate surface area is 128 Å². The molecule has 0 saturated heterocycles. The van der Waals surface area contributed by atoms with Crippen molar-refractivity contribution in [3.8, 4) is 22.6 Å². The molecular weight excluding hydrogens is 284 g/mol. The summed E-state index contributed by atoms with van der Waals surface area (Å²) in [6.07, 6.45) is 0.725. The number of methoxy groups -OCH3 is 3. The average molecular weight is 300 g/mol. The average Bonchev–Trinajstić information content (AvgIpc) is 2.59. The highest BCUT2D eigenvalue weighted by Crippen LogP contribution is 2.31. The molecule has 0 atom stereocenters. The maximum Gasteiger partial charge on any atom is 0.338 e. The lowest BCUT2D eigenvalue weighted by Crippen LogP contribution is -2.05. The van der Waals surface area contributed by atoms with Gasteiger partial charge in [-0.15, -0.1) is 0 Å². The van der Waals surface area contributed by atoms with Crippen LogP contribution in [0.1, 0.15) is 20.7 Å². The van der Waals surface area contributed by atoms with E-state index < -0.39 is 5.97 Å². The maximum atomic E-state index is 12.0. The molecule has 5 nitrogen and oxygen atoms in total. The Morgan fingerprint density at radius 1 is 0.909 bits per heavy atom. The molecule has 0 saturated carbocycles. The minimum atomic E-state index is -0.499. The van der Waals surface area contributed by atoms with Crippen LogP contribution < -0.4 is 9.47 Å². The zero-order chi connectivity index (χ0) is 16.1. The van der Waals surface area contributed by atoms with Crippen LogP contribution in [0.5, 0.6) is 11.5 Å². The molecule has 0 aliphatic rings. The molecule has 2 aromatic rings. The Morgan fingerprint density at radius 2 is 1.50 bits per heavy atom. The number of esters is 1. The van der Waals surface area contributed by atoms with Crippen LogP contribution in [0, 0.1) is 0 Å². The molecule has 0 aliphatic heterocycles. The molecule has 2 rings (SSSR count). The van der Waals surface area contributed by atoms with Gasteiger partial charge in [-0.1, -0.05) is 0 Å². The van der Waals surface area contributed by atoms with E-state index in [-0.39, 0.29) is 0 Å². The summed E-state index contributed by atoms with van der Waals surface area (Å²) >= 11 is 0. The fraction of sp³-hybridized carbons (Fsp3) is 0.176. The van der Waals surface area contributed by atoms with Crippen molar-refractivity contribution >= 4 is 12.3 Å². The predicted octanol–water partition coefficient (Wildman–Crippen LogP) is 2.97. The third-order valence-electron chi connectivity index (χ3n) is 3.31. The van der Waals surface area contributed by atoms with Crippen LogP contribution in [0.3, 0.4) is 0 Å². The summed E-state index contributed by atoms with van der Waals surface area (Å²) in [5, 5.41) is 0. The summed E-state index contributed by atoms with van der Waals surface area (Å²) in [5.74, 6) is 0.603. The largest absolute Gasteiger partial charge is 0.497 e. The lowest BCUT2D eigenvalue weighted by Gasteiger charge is -2.12. The molecule has 0 aliphatic carbocycles. The van der Waals surface area contributed by atoms with Crippen molar-refractivity contribution in [3.63, 3.8) is 0 Å². The smallest absolute Gasteiger partial charge is 0.338 e. The maximum absolute atomic E-state index is 12.0. The number of carbonyl (C=O) groups excluding carboxylic acids is 2. The Hall–Kier alpha value is -2.82. The standard InChI is InChI=1S/C17H16O5/c1-20-12-4-6-14(11(8-12)10-18)15-7-5-13(21-2)9-16(15)17(19)22-3/h4-10H,1-3H3. The zero-order valence-electron chi connectivity index (χ0n) is 12.6. The third kappa shape index (κ3) is 2.93. The van der Waals surface area contributed by atoms with Gasteiger partial charge in [0.05, 0.1) is 26.9 Å². The molecule has 0 bridgehead atoms. The highest BCUT2D eigenvalue weighted by molar-refractivity contribution is 6.00. The first kappa shape index (κ1) is 15.6. The first-order valence-corrected chi connectivity index (χ1v) is 6.54. The fourth-order valence-corrected chi connectivity index (χ4v) is 2.17. The summed E-state index contributed by atoms with van der Waals surface area (Å²) in [6, 6.07) is 10.1. The summed E-state index contributed by atoms with van der Waals surface area (Å²) in [7, 11) is 4.34. The van der Waals surface area contributed by atoms with Gasteiger partial charge in [0.1, 0.15) is 11.5 Å². The molecule has 0 amide bonds. The van der Waals surface area contributed by atoms with E-state index in [0.717, 1.165) is 6.29 Å². The molecule has 0 N–H and O–H groups in total. The second-order valence-corrected chi connectivity index (χ2v) is 4.47. The van der Waals surface area contributed by atoms with Gasteiger partial charge in [-0.25, -0.2) is 4.79 Å². The van der Waals surface area contributed by atoms with E-state index in [1.165, 1.54) is 21.3 Å². The fourth-order valence-electron chi connectivity index (χ4n) is 2.17. The Morgan fingerprint density at radius 3 is 2.05 bits per heavy atom. The second-order valence-electron chi connectivity index (χ2n) is 4.47. The van der Waals surface area contributed by atoms with Gasteiger partial charge in [0, 0.05) is 5.56 Å². The molecule has 0 heterocycles. The molecule has 0 aromatic heterocycles. The van der Waals surface area contributed by atoms with E-state index >= 15 is 0 Å². The van der Waals surface area contributed by atoms with E-state index in [1.807, 2.05) is 0 Å². The molecule has 0 spiro atoms. The van der Waals surface area contributed by atoms with Gasteiger partial charge in [-0.3, -0.25) is 4.79 Å². The number of ether oxygens (including phenoxy) is 3. The van der Waals surface area contributed by atoms with E-state index in [9.17, 15) is 9.59 Å². The molecule has 2 aromatic carbocycles. The number of aldehydes is 1. The number of hydrogen-bond acceptors (Lipinski definition) is 5. The van der Waals surface area contributed by atoms with E-state index in [1.54, 1.807) is 36.4 Å².